The van der Waals surface area contributed by atoms with Crippen molar-refractivity contribution in [2.45, 2.75) is 23.9 Å². The van der Waals surface area contributed by atoms with Gasteiger partial charge in [0.2, 0.25) is 0 Å². The average Bonchev–Trinajstić information content (AvgIpc) is 2.41. The lowest BCUT2D eigenvalue weighted by atomic mass is 9.96. The third kappa shape index (κ3) is 2.69. The molecule has 0 amide bonds. The van der Waals surface area contributed by atoms with E-state index >= 15 is 0 Å². The Labute approximate surface area is 136 Å². The van der Waals surface area contributed by atoms with Crippen LogP contribution in [0.4, 0.5) is 57.1 Å². The molecule has 0 fully saturated rings. The molecule has 0 nitrogen and oxygen atoms in total. The third-order valence-corrected chi connectivity index (χ3v) is 3.68. The van der Waals surface area contributed by atoms with E-state index in [0.29, 0.717) is 0 Å². The molecule has 0 saturated carbocycles. The predicted octanol–water partition coefficient (Wildman–Crippen LogP) is 5.77. The molecule has 138 valence electrons. The number of hydrogen-bond donors (Lipinski definition) is 0. The summed E-state index contributed by atoms with van der Waals surface area (Å²) in [5, 5.41) is 0. The van der Waals surface area contributed by atoms with Crippen LogP contribution in [0.2, 0.25) is 0 Å². The van der Waals surface area contributed by atoms with Crippen molar-refractivity contribution in [2.75, 3.05) is 0 Å². The van der Waals surface area contributed by atoms with Crippen molar-refractivity contribution >= 4 is 22.6 Å². The third-order valence-electron chi connectivity index (χ3n) is 2.67. The number of alkyl halides is 9. The SMILES string of the molecule is Fc1c(F)c(F)c(C(F)(F)C(F)(F)C(F)(F)C(F)(F)F)c(I)c1F. The highest BCUT2D eigenvalue weighted by Gasteiger charge is 2.82. The first-order chi connectivity index (χ1) is 10.4. The zero-order valence-electron chi connectivity index (χ0n) is 10.3. The fourth-order valence-electron chi connectivity index (χ4n) is 1.41. The van der Waals surface area contributed by atoms with E-state index in [-0.39, 0.29) is 22.6 Å². The molecular weight excluding hydrogens is 494 g/mol. The van der Waals surface area contributed by atoms with Crippen LogP contribution in [-0.4, -0.2) is 18.0 Å². The second kappa shape index (κ2) is 5.79. The van der Waals surface area contributed by atoms with Crippen LogP contribution in [0, 0.1) is 26.8 Å². The maximum atomic E-state index is 13.5. The zero-order valence-corrected chi connectivity index (χ0v) is 12.4. The summed E-state index contributed by atoms with van der Waals surface area (Å²) in [4.78, 5) is 0. The van der Waals surface area contributed by atoms with Crippen molar-refractivity contribution in [3.8, 4) is 0 Å². The molecule has 0 aliphatic carbocycles. The maximum Gasteiger partial charge on any atom is 0.460 e. The molecule has 0 aliphatic heterocycles. The Balaban J connectivity index is 3.80. The van der Waals surface area contributed by atoms with Gasteiger partial charge in [-0.2, -0.15) is 39.5 Å². The quantitative estimate of drug-likeness (QED) is 0.217. The zero-order chi connectivity index (χ0) is 19.5. The van der Waals surface area contributed by atoms with Crippen LogP contribution in [0.15, 0.2) is 0 Å². The van der Waals surface area contributed by atoms with Crippen molar-refractivity contribution in [1.29, 1.82) is 0 Å². The molecule has 1 aromatic carbocycles. The van der Waals surface area contributed by atoms with Gasteiger partial charge in [0.25, 0.3) is 0 Å². The van der Waals surface area contributed by atoms with E-state index < -0.39 is 56.3 Å². The molecule has 1 aromatic rings. The molecule has 24 heavy (non-hydrogen) atoms. The molecule has 0 saturated heterocycles. The fourth-order valence-corrected chi connectivity index (χ4v) is 2.22. The highest BCUT2D eigenvalue weighted by Crippen LogP contribution is 2.57. The van der Waals surface area contributed by atoms with Gasteiger partial charge >= 0.3 is 23.9 Å². The summed E-state index contributed by atoms with van der Waals surface area (Å²) < 4.78 is 165. The average molecular weight is 494 g/mol. The van der Waals surface area contributed by atoms with Crippen molar-refractivity contribution in [2.24, 2.45) is 0 Å². The molecule has 0 N–H and O–H groups in total. The molecule has 1 rings (SSSR count). The van der Waals surface area contributed by atoms with Crippen molar-refractivity contribution < 1.29 is 57.1 Å². The van der Waals surface area contributed by atoms with Crippen LogP contribution >= 0.6 is 22.6 Å². The van der Waals surface area contributed by atoms with Crippen molar-refractivity contribution in [3.63, 3.8) is 0 Å². The van der Waals surface area contributed by atoms with Crippen molar-refractivity contribution in [1.82, 2.24) is 0 Å². The Hall–Kier alpha value is -0.960. The van der Waals surface area contributed by atoms with Crippen LogP contribution in [0.25, 0.3) is 0 Å². The summed E-state index contributed by atoms with van der Waals surface area (Å²) in [6.07, 6.45) is -7.21. The van der Waals surface area contributed by atoms with E-state index in [2.05, 4.69) is 0 Å². The number of hydrogen-bond acceptors (Lipinski definition) is 0. The molecule has 0 atom stereocenters. The Morgan fingerprint density at radius 3 is 1.29 bits per heavy atom. The first kappa shape index (κ1) is 21.1. The lowest BCUT2D eigenvalue weighted by Crippen LogP contribution is -2.60. The van der Waals surface area contributed by atoms with E-state index in [1.807, 2.05) is 0 Å². The molecule has 0 aromatic heterocycles. The van der Waals surface area contributed by atoms with Crippen LogP contribution in [0.5, 0.6) is 0 Å². The molecule has 0 spiro atoms. The predicted molar refractivity (Wildman–Crippen MR) is 58.8 cm³/mol. The highest BCUT2D eigenvalue weighted by atomic mass is 127. The van der Waals surface area contributed by atoms with Gasteiger partial charge in [-0.3, -0.25) is 0 Å². The Morgan fingerprint density at radius 1 is 0.542 bits per heavy atom. The minimum Gasteiger partial charge on any atom is -0.203 e. The Bertz CT molecular complexity index is 631. The largest absolute Gasteiger partial charge is 0.460 e. The first-order valence-electron chi connectivity index (χ1n) is 5.15. The number of benzene rings is 1. The minimum absolute atomic E-state index is 0.226. The highest BCUT2D eigenvalue weighted by molar-refractivity contribution is 14.1. The topological polar surface area (TPSA) is 0 Å². The summed E-state index contributed by atoms with van der Waals surface area (Å²) >= 11 is 0.226. The smallest absolute Gasteiger partial charge is 0.203 e. The number of halogens is 14. The summed E-state index contributed by atoms with van der Waals surface area (Å²) in [5.74, 6) is -33.2. The van der Waals surface area contributed by atoms with Gasteiger partial charge in [0.15, 0.2) is 23.3 Å². The van der Waals surface area contributed by atoms with Gasteiger partial charge in [0.05, 0.1) is 9.13 Å². The van der Waals surface area contributed by atoms with Crippen LogP contribution in [-0.2, 0) is 5.92 Å². The van der Waals surface area contributed by atoms with Gasteiger partial charge in [-0.25, -0.2) is 17.6 Å². The van der Waals surface area contributed by atoms with E-state index in [4.69, 9.17) is 0 Å². The summed E-state index contributed by atoms with van der Waals surface area (Å²) in [6.45, 7) is 0. The Kier molecular flexibility index (Phi) is 5.09. The second-order valence-corrected chi connectivity index (χ2v) is 5.24. The standard InChI is InChI=1S/C10F13I/c11-2-1(6(24)5(14)4(13)3(2)12)7(15,16)8(17,18)9(19,20)10(21,22)23. The molecular formula is C10F13I. The normalized spacial score (nSPS) is 14.2. The van der Waals surface area contributed by atoms with Crippen molar-refractivity contribution in [3.05, 3.63) is 32.4 Å². The van der Waals surface area contributed by atoms with Gasteiger partial charge in [-0.1, -0.05) is 0 Å². The van der Waals surface area contributed by atoms with E-state index in [1.165, 1.54) is 0 Å². The summed E-state index contributed by atoms with van der Waals surface area (Å²) in [6, 6.07) is 0. The monoisotopic (exact) mass is 494 g/mol. The van der Waals surface area contributed by atoms with Gasteiger partial charge in [-0.05, 0) is 22.6 Å². The van der Waals surface area contributed by atoms with Gasteiger partial charge in [-0.15, -0.1) is 0 Å². The van der Waals surface area contributed by atoms with Gasteiger partial charge in [0, 0.05) is 0 Å². The number of rotatable bonds is 3. The fraction of sp³-hybridized carbons (Fsp3) is 0.400. The first-order valence-corrected chi connectivity index (χ1v) is 6.22. The van der Waals surface area contributed by atoms with Crippen LogP contribution in [0.3, 0.4) is 0 Å². The second-order valence-electron chi connectivity index (χ2n) is 4.17. The van der Waals surface area contributed by atoms with Gasteiger partial charge in [0.1, 0.15) is 0 Å². The molecule has 14 heteroatoms. The molecule has 0 aliphatic rings. The van der Waals surface area contributed by atoms with E-state index in [1.54, 1.807) is 0 Å². The van der Waals surface area contributed by atoms with E-state index in [9.17, 15) is 57.1 Å². The van der Waals surface area contributed by atoms with Crippen LogP contribution < -0.4 is 0 Å². The maximum absolute atomic E-state index is 13.5. The molecule has 0 bridgehead atoms. The lowest BCUT2D eigenvalue weighted by molar-refractivity contribution is -0.400. The minimum atomic E-state index is -7.40. The Morgan fingerprint density at radius 2 is 0.917 bits per heavy atom. The molecule has 0 unspecified atom stereocenters. The molecule has 0 radical (unpaired) electrons. The molecule has 0 heterocycles. The van der Waals surface area contributed by atoms with Crippen LogP contribution in [0.1, 0.15) is 5.56 Å². The van der Waals surface area contributed by atoms with E-state index in [0.717, 1.165) is 0 Å². The lowest BCUT2D eigenvalue weighted by Gasteiger charge is -2.34. The summed E-state index contributed by atoms with van der Waals surface area (Å²) in [7, 11) is 0. The summed E-state index contributed by atoms with van der Waals surface area (Å²) in [5.41, 5.74) is -3.17. The van der Waals surface area contributed by atoms with Gasteiger partial charge < -0.3 is 0 Å².